The van der Waals surface area contributed by atoms with E-state index in [0.29, 0.717) is 5.89 Å². The van der Waals surface area contributed by atoms with Gasteiger partial charge in [0.05, 0.1) is 16.7 Å². The Hall–Kier alpha value is -6.78. The van der Waals surface area contributed by atoms with Crippen molar-refractivity contribution in [3.63, 3.8) is 0 Å². The number of hydrogen-bond acceptors (Lipinski definition) is 3. The second-order valence-corrected chi connectivity index (χ2v) is 12.6. The third-order valence-corrected chi connectivity index (χ3v) is 9.69. The van der Waals surface area contributed by atoms with E-state index >= 15 is 0 Å². The summed E-state index contributed by atoms with van der Waals surface area (Å²) in [5, 5.41) is 4.57. The zero-order valence-electron chi connectivity index (χ0n) is 27.0. The van der Waals surface area contributed by atoms with Crippen molar-refractivity contribution in [2.75, 3.05) is 0 Å². The molecule has 50 heavy (non-hydrogen) atoms. The summed E-state index contributed by atoms with van der Waals surface area (Å²) < 4.78 is 9.08. The zero-order valence-corrected chi connectivity index (χ0v) is 27.0. The number of pyridine rings is 1. The van der Waals surface area contributed by atoms with Gasteiger partial charge in [-0.1, -0.05) is 121 Å². The number of nitrogens with zero attached hydrogens (tertiary/aromatic N) is 3. The molecule has 0 aliphatic rings. The van der Waals surface area contributed by atoms with Crippen LogP contribution in [0.3, 0.4) is 0 Å². The van der Waals surface area contributed by atoms with E-state index in [-0.39, 0.29) is 0 Å². The maximum atomic E-state index is 6.74. The lowest BCUT2D eigenvalue weighted by Crippen LogP contribution is -1.96. The summed E-state index contributed by atoms with van der Waals surface area (Å²) in [6, 6.07) is 59.5. The first-order valence-electron chi connectivity index (χ1n) is 16.8. The van der Waals surface area contributed by atoms with Crippen LogP contribution in [0.15, 0.2) is 180 Å². The van der Waals surface area contributed by atoms with Gasteiger partial charge in [-0.15, -0.1) is 0 Å². The Labute approximate surface area is 288 Å². The van der Waals surface area contributed by atoms with Gasteiger partial charge >= 0.3 is 0 Å². The predicted octanol–water partition coefficient (Wildman–Crippen LogP) is 12.1. The van der Waals surface area contributed by atoms with Crippen molar-refractivity contribution in [2.45, 2.75) is 0 Å². The van der Waals surface area contributed by atoms with Crippen molar-refractivity contribution in [1.82, 2.24) is 14.5 Å². The van der Waals surface area contributed by atoms with Gasteiger partial charge in [0.1, 0.15) is 5.52 Å². The van der Waals surface area contributed by atoms with Gasteiger partial charge in [-0.2, -0.15) is 0 Å². The quantitative estimate of drug-likeness (QED) is 0.188. The second-order valence-electron chi connectivity index (χ2n) is 12.6. The van der Waals surface area contributed by atoms with Crippen LogP contribution >= 0.6 is 0 Å². The molecule has 4 nitrogen and oxygen atoms in total. The molecule has 0 atom stereocenters. The predicted molar refractivity (Wildman–Crippen MR) is 205 cm³/mol. The van der Waals surface area contributed by atoms with Gasteiger partial charge in [-0.25, -0.2) is 4.98 Å². The fourth-order valence-corrected chi connectivity index (χ4v) is 7.41. The van der Waals surface area contributed by atoms with Crippen LogP contribution in [0.5, 0.6) is 0 Å². The maximum Gasteiger partial charge on any atom is 0.228 e. The average molecular weight is 640 g/mol. The van der Waals surface area contributed by atoms with Gasteiger partial charge in [-0.05, 0) is 76.2 Å². The first kappa shape index (κ1) is 28.3. The van der Waals surface area contributed by atoms with Gasteiger partial charge in [0.15, 0.2) is 5.58 Å². The molecule has 0 fully saturated rings. The fraction of sp³-hybridized carbons (Fsp3) is 0. The van der Waals surface area contributed by atoms with E-state index in [2.05, 4.69) is 155 Å². The SMILES string of the molecule is c1ccc(-c2cccc(-c3ccc(-n4c5ccccc5c5ccccc54)cc3-c3nc4c(ccc5cccc(-c6ccccn6)c54)o3)c2)cc1. The lowest BCUT2D eigenvalue weighted by Gasteiger charge is -2.14. The summed E-state index contributed by atoms with van der Waals surface area (Å²) >= 11 is 0. The number of rotatable bonds is 5. The molecular formula is C46H29N3O. The number of fused-ring (bicyclic) bond motifs is 6. The molecule has 3 heterocycles. The molecule has 0 aliphatic carbocycles. The Morgan fingerprint density at radius 3 is 2.00 bits per heavy atom. The van der Waals surface area contributed by atoms with Crippen LogP contribution in [-0.2, 0) is 0 Å². The molecule has 0 saturated heterocycles. The van der Waals surface area contributed by atoms with Gasteiger partial charge in [0.25, 0.3) is 0 Å². The number of aromatic nitrogens is 3. The molecule has 0 radical (unpaired) electrons. The van der Waals surface area contributed by atoms with E-state index in [9.17, 15) is 0 Å². The number of benzene rings is 7. The van der Waals surface area contributed by atoms with Crippen molar-refractivity contribution in [3.05, 3.63) is 176 Å². The van der Waals surface area contributed by atoms with Gasteiger partial charge in [-0.3, -0.25) is 4.98 Å². The molecular weight excluding hydrogens is 611 g/mol. The monoisotopic (exact) mass is 639 g/mol. The molecule has 0 N–H and O–H groups in total. The molecule has 7 aromatic carbocycles. The Bertz CT molecular complexity index is 2810. The van der Waals surface area contributed by atoms with Crippen molar-refractivity contribution in [2.24, 2.45) is 0 Å². The summed E-state index contributed by atoms with van der Waals surface area (Å²) in [5.74, 6) is 0.575. The Morgan fingerprint density at radius 2 is 1.20 bits per heavy atom. The molecule has 0 saturated carbocycles. The van der Waals surface area contributed by atoms with E-state index in [1.807, 2.05) is 30.5 Å². The van der Waals surface area contributed by atoms with Crippen molar-refractivity contribution in [1.29, 1.82) is 0 Å². The highest BCUT2D eigenvalue weighted by Crippen LogP contribution is 2.41. The Morgan fingerprint density at radius 1 is 0.480 bits per heavy atom. The third-order valence-electron chi connectivity index (χ3n) is 9.69. The van der Waals surface area contributed by atoms with Crippen LogP contribution in [0.4, 0.5) is 0 Å². The van der Waals surface area contributed by atoms with Crippen molar-refractivity contribution < 1.29 is 4.42 Å². The summed E-state index contributed by atoms with van der Waals surface area (Å²) in [6.45, 7) is 0. The van der Waals surface area contributed by atoms with Crippen LogP contribution in [0.25, 0.3) is 94.3 Å². The van der Waals surface area contributed by atoms with Gasteiger partial charge in [0.2, 0.25) is 5.89 Å². The first-order valence-corrected chi connectivity index (χ1v) is 16.8. The summed E-state index contributed by atoms with van der Waals surface area (Å²) in [6.07, 6.45) is 1.83. The van der Waals surface area contributed by atoms with Crippen LogP contribution in [0, 0.1) is 0 Å². The van der Waals surface area contributed by atoms with Crippen LogP contribution in [-0.4, -0.2) is 14.5 Å². The maximum absolute atomic E-state index is 6.74. The normalized spacial score (nSPS) is 11.6. The minimum absolute atomic E-state index is 0.575. The molecule has 4 heteroatoms. The molecule has 0 spiro atoms. The minimum Gasteiger partial charge on any atom is -0.436 e. The summed E-state index contributed by atoms with van der Waals surface area (Å²) in [4.78, 5) is 9.99. The summed E-state index contributed by atoms with van der Waals surface area (Å²) in [7, 11) is 0. The molecule has 3 aromatic heterocycles. The van der Waals surface area contributed by atoms with E-state index in [0.717, 1.165) is 72.1 Å². The van der Waals surface area contributed by atoms with Crippen LogP contribution in [0.1, 0.15) is 0 Å². The molecule has 10 aromatic rings. The van der Waals surface area contributed by atoms with Crippen LogP contribution in [0.2, 0.25) is 0 Å². The van der Waals surface area contributed by atoms with Crippen molar-refractivity contribution >= 4 is 43.7 Å². The van der Waals surface area contributed by atoms with E-state index in [4.69, 9.17) is 9.40 Å². The summed E-state index contributed by atoms with van der Waals surface area (Å²) in [5.41, 5.74) is 12.2. The van der Waals surface area contributed by atoms with Gasteiger partial charge in [0, 0.05) is 39.2 Å². The second kappa shape index (κ2) is 11.4. The zero-order chi connectivity index (χ0) is 33.0. The Balaban J connectivity index is 1.24. The smallest absolute Gasteiger partial charge is 0.228 e. The molecule has 0 unspecified atom stereocenters. The average Bonchev–Trinajstić information content (AvgIpc) is 3.78. The topological polar surface area (TPSA) is 43.9 Å². The minimum atomic E-state index is 0.575. The molecule has 10 rings (SSSR count). The van der Waals surface area contributed by atoms with E-state index < -0.39 is 0 Å². The lowest BCUT2D eigenvalue weighted by atomic mass is 9.95. The van der Waals surface area contributed by atoms with E-state index in [1.165, 1.54) is 16.3 Å². The highest BCUT2D eigenvalue weighted by atomic mass is 16.3. The fourth-order valence-electron chi connectivity index (χ4n) is 7.41. The van der Waals surface area contributed by atoms with Crippen LogP contribution < -0.4 is 0 Å². The highest BCUT2D eigenvalue weighted by Gasteiger charge is 2.20. The number of oxazole rings is 1. The lowest BCUT2D eigenvalue weighted by molar-refractivity contribution is 0.620. The number of para-hydroxylation sites is 2. The molecule has 0 amide bonds. The Kier molecular flexibility index (Phi) is 6.46. The largest absolute Gasteiger partial charge is 0.436 e. The third kappa shape index (κ3) is 4.54. The highest BCUT2D eigenvalue weighted by molar-refractivity contribution is 6.12. The van der Waals surface area contributed by atoms with Gasteiger partial charge < -0.3 is 8.98 Å². The molecule has 234 valence electrons. The van der Waals surface area contributed by atoms with Crippen molar-refractivity contribution in [3.8, 4) is 50.7 Å². The standard InChI is InChI=1S/C46H29N3O/c1-2-12-30(13-3-1)32-15-10-16-33(28-32)35-25-24-34(49-41-21-6-4-17-36(41)37-18-5-7-22-42(37)49)29-39(35)46-48-45-43(50-46)26-23-31-14-11-19-38(44(31)45)40-20-8-9-27-47-40/h1-29H. The molecule has 0 bridgehead atoms. The van der Waals surface area contributed by atoms with E-state index in [1.54, 1.807) is 0 Å². The molecule has 0 aliphatic heterocycles. The number of hydrogen-bond donors (Lipinski definition) is 0. The first-order chi connectivity index (χ1) is 24.8.